The molecule has 0 unspecified atom stereocenters. The fourth-order valence-electron chi connectivity index (χ4n) is 0.704. The van der Waals surface area contributed by atoms with Gasteiger partial charge in [0.25, 0.3) is 0 Å². The Morgan fingerprint density at radius 3 is 2.75 bits per heavy atom. The van der Waals surface area contributed by atoms with Crippen LogP contribution in [0.2, 0.25) is 0 Å². The molecule has 12 heavy (non-hydrogen) atoms. The summed E-state index contributed by atoms with van der Waals surface area (Å²) in [5, 5.41) is 2.55. The highest BCUT2D eigenvalue weighted by Crippen LogP contribution is 2.26. The van der Waals surface area contributed by atoms with Gasteiger partial charge in [-0.25, -0.2) is 4.98 Å². The number of rotatable bonds is 3. The summed E-state index contributed by atoms with van der Waals surface area (Å²) in [6, 6.07) is 0. The average molecular weight is 185 g/mol. The quantitative estimate of drug-likeness (QED) is 0.674. The summed E-state index contributed by atoms with van der Waals surface area (Å²) in [6.07, 6.45) is 0.742. The van der Waals surface area contributed by atoms with E-state index in [9.17, 15) is 4.79 Å². The van der Waals surface area contributed by atoms with Crippen LogP contribution in [0.15, 0.2) is 5.38 Å². The molecule has 1 rings (SSSR count). The van der Waals surface area contributed by atoms with E-state index >= 15 is 0 Å². The van der Waals surface area contributed by atoms with Gasteiger partial charge >= 0.3 is 0 Å². The SMILES string of the molecule is COC(C)(C)c1nc(C=O)cs1. The van der Waals surface area contributed by atoms with Gasteiger partial charge in [0.1, 0.15) is 16.3 Å². The Morgan fingerprint density at radius 1 is 1.67 bits per heavy atom. The van der Waals surface area contributed by atoms with Gasteiger partial charge in [0.05, 0.1) is 0 Å². The summed E-state index contributed by atoms with van der Waals surface area (Å²) >= 11 is 1.44. The topological polar surface area (TPSA) is 39.2 Å². The van der Waals surface area contributed by atoms with E-state index in [-0.39, 0.29) is 0 Å². The number of thiazole rings is 1. The van der Waals surface area contributed by atoms with Gasteiger partial charge in [-0.1, -0.05) is 0 Å². The molecule has 0 radical (unpaired) electrons. The molecule has 0 aliphatic carbocycles. The van der Waals surface area contributed by atoms with Gasteiger partial charge in [0.15, 0.2) is 6.29 Å². The zero-order valence-corrected chi connectivity index (χ0v) is 8.14. The van der Waals surface area contributed by atoms with E-state index in [0.717, 1.165) is 11.3 Å². The minimum Gasteiger partial charge on any atom is -0.372 e. The van der Waals surface area contributed by atoms with Crippen molar-refractivity contribution in [1.82, 2.24) is 4.98 Å². The highest BCUT2D eigenvalue weighted by Gasteiger charge is 2.23. The van der Waals surface area contributed by atoms with E-state index in [0.29, 0.717) is 5.69 Å². The van der Waals surface area contributed by atoms with Gasteiger partial charge in [0, 0.05) is 12.5 Å². The molecule has 0 saturated heterocycles. The van der Waals surface area contributed by atoms with Crippen LogP contribution in [-0.2, 0) is 10.3 Å². The number of ether oxygens (including phenoxy) is 1. The van der Waals surface area contributed by atoms with Crippen LogP contribution in [0.3, 0.4) is 0 Å². The monoisotopic (exact) mass is 185 g/mol. The van der Waals surface area contributed by atoms with Crippen molar-refractivity contribution >= 4 is 17.6 Å². The second-order valence-corrected chi connectivity index (χ2v) is 3.77. The molecule has 0 fully saturated rings. The van der Waals surface area contributed by atoms with Crippen molar-refractivity contribution in [2.75, 3.05) is 7.11 Å². The number of aromatic nitrogens is 1. The summed E-state index contributed by atoms with van der Waals surface area (Å²) in [5.74, 6) is 0. The maximum Gasteiger partial charge on any atom is 0.169 e. The third-order valence-corrected chi connectivity index (χ3v) is 2.83. The zero-order chi connectivity index (χ0) is 9.19. The molecule has 0 spiro atoms. The molecule has 0 amide bonds. The van der Waals surface area contributed by atoms with Gasteiger partial charge < -0.3 is 4.74 Å². The summed E-state index contributed by atoms with van der Waals surface area (Å²) in [5.41, 5.74) is 0.0754. The normalized spacial score (nSPS) is 11.6. The first-order valence-corrected chi connectivity index (χ1v) is 4.44. The van der Waals surface area contributed by atoms with E-state index in [1.165, 1.54) is 11.3 Å². The van der Waals surface area contributed by atoms with Crippen molar-refractivity contribution in [3.63, 3.8) is 0 Å². The molecule has 0 bridgehead atoms. The van der Waals surface area contributed by atoms with Crippen molar-refractivity contribution in [1.29, 1.82) is 0 Å². The number of nitrogens with zero attached hydrogens (tertiary/aromatic N) is 1. The van der Waals surface area contributed by atoms with E-state index in [4.69, 9.17) is 4.74 Å². The number of carbonyl (C=O) groups excluding carboxylic acids is 1. The third-order valence-electron chi connectivity index (χ3n) is 1.67. The first-order chi connectivity index (χ1) is 5.60. The van der Waals surface area contributed by atoms with Crippen LogP contribution in [0.5, 0.6) is 0 Å². The smallest absolute Gasteiger partial charge is 0.169 e. The van der Waals surface area contributed by atoms with E-state index in [1.807, 2.05) is 13.8 Å². The molecule has 1 aromatic heterocycles. The Balaban J connectivity index is 2.95. The van der Waals surface area contributed by atoms with Crippen LogP contribution in [-0.4, -0.2) is 18.4 Å². The molecule has 0 N–H and O–H groups in total. The molecule has 4 heteroatoms. The Hall–Kier alpha value is -0.740. The van der Waals surface area contributed by atoms with Gasteiger partial charge in [-0.2, -0.15) is 0 Å². The van der Waals surface area contributed by atoms with Crippen LogP contribution < -0.4 is 0 Å². The fourth-order valence-corrected chi connectivity index (χ4v) is 1.57. The largest absolute Gasteiger partial charge is 0.372 e. The van der Waals surface area contributed by atoms with Crippen LogP contribution in [0.1, 0.15) is 29.3 Å². The molecule has 0 aliphatic heterocycles. The lowest BCUT2D eigenvalue weighted by Crippen LogP contribution is -2.19. The minimum absolute atomic E-state index is 0.397. The molecule has 3 nitrogen and oxygen atoms in total. The van der Waals surface area contributed by atoms with Gasteiger partial charge in [-0.05, 0) is 13.8 Å². The number of hydrogen-bond donors (Lipinski definition) is 0. The minimum atomic E-state index is -0.397. The average Bonchev–Trinajstić information content (AvgIpc) is 2.52. The lowest BCUT2D eigenvalue weighted by atomic mass is 10.1. The highest BCUT2D eigenvalue weighted by atomic mass is 32.1. The second kappa shape index (κ2) is 3.33. The summed E-state index contributed by atoms with van der Waals surface area (Å²) in [6.45, 7) is 3.83. The Kier molecular flexibility index (Phi) is 2.59. The summed E-state index contributed by atoms with van der Waals surface area (Å²) in [4.78, 5) is 14.4. The van der Waals surface area contributed by atoms with Crippen LogP contribution in [0, 0.1) is 0 Å². The van der Waals surface area contributed by atoms with Crippen LogP contribution in [0.4, 0.5) is 0 Å². The number of hydrogen-bond acceptors (Lipinski definition) is 4. The molecule has 1 aromatic rings. The van der Waals surface area contributed by atoms with Gasteiger partial charge in [-0.15, -0.1) is 11.3 Å². The molecule has 1 heterocycles. The maximum absolute atomic E-state index is 10.3. The molecule has 0 saturated carbocycles. The zero-order valence-electron chi connectivity index (χ0n) is 7.33. The van der Waals surface area contributed by atoms with E-state index in [2.05, 4.69) is 4.98 Å². The first-order valence-electron chi connectivity index (χ1n) is 3.56. The summed E-state index contributed by atoms with van der Waals surface area (Å²) in [7, 11) is 1.63. The van der Waals surface area contributed by atoms with Crippen molar-refractivity contribution in [3.05, 3.63) is 16.1 Å². The standard InChI is InChI=1S/C8H11NO2S/c1-8(2,11-3)7-9-6(4-10)5-12-7/h4-5H,1-3H3. The molecular formula is C8H11NO2S. The number of aldehydes is 1. The van der Waals surface area contributed by atoms with Crippen molar-refractivity contribution in [2.45, 2.75) is 19.4 Å². The third kappa shape index (κ3) is 1.70. The number of methoxy groups -OCH3 is 1. The molecular weight excluding hydrogens is 174 g/mol. The Labute approximate surface area is 75.4 Å². The van der Waals surface area contributed by atoms with Crippen molar-refractivity contribution < 1.29 is 9.53 Å². The van der Waals surface area contributed by atoms with E-state index in [1.54, 1.807) is 12.5 Å². The molecule has 0 aromatic carbocycles. The second-order valence-electron chi connectivity index (χ2n) is 2.91. The van der Waals surface area contributed by atoms with Gasteiger partial charge in [-0.3, -0.25) is 4.79 Å². The molecule has 0 aliphatic rings. The van der Waals surface area contributed by atoms with Crippen molar-refractivity contribution in [3.8, 4) is 0 Å². The maximum atomic E-state index is 10.3. The lowest BCUT2D eigenvalue weighted by molar-refractivity contribution is 0.0190. The fraction of sp³-hybridized carbons (Fsp3) is 0.500. The predicted octanol–water partition coefficient (Wildman–Crippen LogP) is 1.84. The lowest BCUT2D eigenvalue weighted by Gasteiger charge is -2.19. The van der Waals surface area contributed by atoms with Gasteiger partial charge in [0.2, 0.25) is 0 Å². The highest BCUT2D eigenvalue weighted by molar-refractivity contribution is 7.10. The van der Waals surface area contributed by atoms with Crippen molar-refractivity contribution in [2.24, 2.45) is 0 Å². The predicted molar refractivity (Wildman–Crippen MR) is 47.5 cm³/mol. The first kappa shape index (κ1) is 9.35. The van der Waals surface area contributed by atoms with Crippen LogP contribution in [0.25, 0.3) is 0 Å². The molecule has 0 atom stereocenters. The Morgan fingerprint density at radius 2 is 2.33 bits per heavy atom. The molecule has 66 valence electrons. The van der Waals surface area contributed by atoms with E-state index < -0.39 is 5.60 Å². The van der Waals surface area contributed by atoms with Crippen LogP contribution >= 0.6 is 11.3 Å². The Bertz CT molecular complexity index is 280. The summed E-state index contributed by atoms with van der Waals surface area (Å²) < 4.78 is 5.21. The number of carbonyl (C=O) groups is 1.